The zero-order chi connectivity index (χ0) is 20.4. The number of pyridine rings is 1. The van der Waals surface area contributed by atoms with Crippen LogP contribution in [0.5, 0.6) is 11.5 Å². The molecule has 0 fully saturated rings. The Bertz CT molecular complexity index is 1120. The Balaban J connectivity index is 1.81. The van der Waals surface area contributed by atoms with Gasteiger partial charge in [-0.15, -0.1) is 0 Å². The number of phenolic OH excluding ortho intramolecular Hbond substituents is 1. The second-order valence-corrected chi connectivity index (χ2v) is 6.55. The summed E-state index contributed by atoms with van der Waals surface area (Å²) in [7, 11) is 1.46. The summed E-state index contributed by atoms with van der Waals surface area (Å²) in [6.07, 6.45) is 3.32. The van der Waals surface area contributed by atoms with E-state index in [2.05, 4.69) is 4.98 Å². The lowest BCUT2D eigenvalue weighted by atomic mass is 9.92. The van der Waals surface area contributed by atoms with Crippen molar-refractivity contribution in [3.8, 4) is 11.5 Å². The summed E-state index contributed by atoms with van der Waals surface area (Å²) >= 11 is 0. The molecule has 1 N–H and O–H groups in total. The van der Waals surface area contributed by atoms with Gasteiger partial charge in [0.05, 0.1) is 19.3 Å². The van der Waals surface area contributed by atoms with Gasteiger partial charge in [-0.2, -0.15) is 0 Å². The predicted octanol–water partition coefficient (Wildman–Crippen LogP) is 3.52. The lowest BCUT2D eigenvalue weighted by molar-refractivity contribution is -0.123. The van der Waals surface area contributed by atoms with Crippen molar-refractivity contribution in [2.45, 2.75) is 6.54 Å². The van der Waals surface area contributed by atoms with E-state index in [1.807, 2.05) is 6.07 Å². The molecule has 1 aromatic heterocycles. The van der Waals surface area contributed by atoms with E-state index in [1.54, 1.807) is 60.8 Å². The highest BCUT2D eigenvalue weighted by atomic mass is 16.5. The van der Waals surface area contributed by atoms with Crippen molar-refractivity contribution in [2.75, 3.05) is 7.11 Å². The van der Waals surface area contributed by atoms with Crippen LogP contribution in [0.1, 0.15) is 27.2 Å². The van der Waals surface area contributed by atoms with Crippen LogP contribution in [-0.4, -0.2) is 33.9 Å². The Morgan fingerprint density at radius 1 is 1.00 bits per heavy atom. The van der Waals surface area contributed by atoms with Gasteiger partial charge in [0.2, 0.25) is 0 Å². The standard InChI is InChI=1S/C23H18N2O4/c1-29-21-13-15(9-10-20(21)26)12-19-17-7-2-3-8-18(17)22(27)25(23(19)28)14-16-6-4-5-11-24-16/h2-13,26H,14H2,1H3/b19-12-. The van der Waals surface area contributed by atoms with E-state index < -0.39 is 5.91 Å². The zero-order valence-corrected chi connectivity index (χ0v) is 15.7. The lowest BCUT2D eigenvalue weighted by Crippen LogP contribution is -2.41. The molecule has 0 spiro atoms. The van der Waals surface area contributed by atoms with Gasteiger partial charge in [-0.3, -0.25) is 19.5 Å². The SMILES string of the molecule is COc1cc(/C=C2\C(=O)N(Cc3ccccn3)C(=O)c3ccccc32)ccc1O. The van der Waals surface area contributed by atoms with Gasteiger partial charge >= 0.3 is 0 Å². The van der Waals surface area contributed by atoms with Crippen molar-refractivity contribution in [3.63, 3.8) is 0 Å². The third-order valence-corrected chi connectivity index (χ3v) is 4.73. The number of methoxy groups -OCH3 is 1. The number of aromatic nitrogens is 1. The summed E-state index contributed by atoms with van der Waals surface area (Å²) in [6.45, 7) is 0.0864. The van der Waals surface area contributed by atoms with E-state index in [4.69, 9.17) is 4.74 Å². The number of carbonyl (C=O) groups is 2. The van der Waals surface area contributed by atoms with Crippen molar-refractivity contribution < 1.29 is 19.4 Å². The highest BCUT2D eigenvalue weighted by Gasteiger charge is 2.34. The van der Waals surface area contributed by atoms with Crippen molar-refractivity contribution >= 4 is 23.5 Å². The number of rotatable bonds is 4. The first kappa shape index (κ1) is 18.4. The number of hydrogen-bond donors (Lipinski definition) is 1. The van der Waals surface area contributed by atoms with E-state index in [0.29, 0.717) is 33.7 Å². The molecule has 0 bridgehead atoms. The monoisotopic (exact) mass is 386 g/mol. The summed E-state index contributed by atoms with van der Waals surface area (Å²) in [6, 6.07) is 17.2. The van der Waals surface area contributed by atoms with Gasteiger partial charge in [-0.05, 0) is 47.5 Å². The minimum Gasteiger partial charge on any atom is -0.504 e. The maximum Gasteiger partial charge on any atom is 0.261 e. The maximum absolute atomic E-state index is 13.3. The Morgan fingerprint density at radius 3 is 2.48 bits per heavy atom. The number of nitrogens with zero attached hydrogens (tertiary/aromatic N) is 2. The number of carbonyl (C=O) groups excluding carboxylic acids is 2. The van der Waals surface area contributed by atoms with E-state index >= 15 is 0 Å². The largest absolute Gasteiger partial charge is 0.504 e. The number of aromatic hydroxyl groups is 1. The van der Waals surface area contributed by atoms with Crippen molar-refractivity contribution in [1.82, 2.24) is 9.88 Å². The molecular weight excluding hydrogens is 368 g/mol. The fourth-order valence-corrected chi connectivity index (χ4v) is 3.29. The second kappa shape index (κ2) is 7.59. The number of phenols is 1. The second-order valence-electron chi connectivity index (χ2n) is 6.55. The first-order valence-electron chi connectivity index (χ1n) is 9.02. The Hall–Kier alpha value is -3.93. The molecule has 1 aliphatic heterocycles. The molecule has 2 amide bonds. The molecule has 6 nitrogen and oxygen atoms in total. The quantitative estimate of drug-likeness (QED) is 0.548. The molecule has 4 rings (SSSR count). The molecule has 3 aromatic rings. The Labute approximate surface area is 167 Å². The molecule has 0 radical (unpaired) electrons. The number of amides is 2. The maximum atomic E-state index is 13.3. The summed E-state index contributed by atoms with van der Waals surface area (Å²) in [5.41, 5.74) is 2.72. The van der Waals surface area contributed by atoms with Crippen LogP contribution in [0.15, 0.2) is 66.9 Å². The molecule has 0 saturated carbocycles. The topological polar surface area (TPSA) is 79.7 Å². The normalized spacial score (nSPS) is 14.8. The van der Waals surface area contributed by atoms with Crippen LogP contribution in [0, 0.1) is 0 Å². The average Bonchev–Trinajstić information content (AvgIpc) is 2.76. The fourth-order valence-electron chi connectivity index (χ4n) is 3.29. The highest BCUT2D eigenvalue weighted by Crippen LogP contribution is 2.33. The predicted molar refractivity (Wildman–Crippen MR) is 108 cm³/mol. The van der Waals surface area contributed by atoms with Gasteiger partial charge < -0.3 is 9.84 Å². The van der Waals surface area contributed by atoms with Crippen LogP contribution < -0.4 is 4.74 Å². The molecule has 6 heteroatoms. The molecule has 144 valence electrons. The molecular formula is C23H18N2O4. The molecule has 29 heavy (non-hydrogen) atoms. The minimum absolute atomic E-state index is 0.0111. The van der Waals surface area contributed by atoms with Crippen molar-refractivity contribution in [3.05, 3.63) is 89.2 Å². The zero-order valence-electron chi connectivity index (χ0n) is 15.7. The summed E-state index contributed by atoms with van der Waals surface area (Å²) in [5, 5.41) is 9.82. The van der Waals surface area contributed by atoms with Crippen LogP contribution in [0.4, 0.5) is 0 Å². The third-order valence-electron chi connectivity index (χ3n) is 4.73. The third kappa shape index (κ3) is 3.48. The first-order chi connectivity index (χ1) is 14.1. The van der Waals surface area contributed by atoms with Gasteiger partial charge in [-0.1, -0.05) is 30.3 Å². The van der Waals surface area contributed by atoms with Gasteiger partial charge in [0, 0.05) is 17.3 Å². The Kier molecular flexibility index (Phi) is 4.83. The van der Waals surface area contributed by atoms with Gasteiger partial charge in [0.1, 0.15) is 0 Å². The molecule has 2 heterocycles. The van der Waals surface area contributed by atoms with E-state index in [-0.39, 0.29) is 18.2 Å². The van der Waals surface area contributed by atoms with Crippen LogP contribution in [0.3, 0.4) is 0 Å². The number of benzene rings is 2. The van der Waals surface area contributed by atoms with Crippen LogP contribution in [0.2, 0.25) is 0 Å². The number of imide groups is 1. The summed E-state index contributed by atoms with van der Waals surface area (Å²) in [4.78, 5) is 31.7. The molecule has 0 aliphatic carbocycles. The lowest BCUT2D eigenvalue weighted by Gasteiger charge is -2.28. The Morgan fingerprint density at radius 2 is 1.76 bits per heavy atom. The van der Waals surface area contributed by atoms with E-state index in [9.17, 15) is 14.7 Å². The van der Waals surface area contributed by atoms with Gasteiger partial charge in [0.25, 0.3) is 11.8 Å². The molecule has 1 aliphatic rings. The minimum atomic E-state index is -0.397. The van der Waals surface area contributed by atoms with Gasteiger partial charge in [0.15, 0.2) is 11.5 Å². The molecule has 0 atom stereocenters. The highest BCUT2D eigenvalue weighted by molar-refractivity contribution is 6.33. The van der Waals surface area contributed by atoms with E-state index in [0.717, 1.165) is 0 Å². The number of fused-ring (bicyclic) bond motifs is 1. The number of hydrogen-bond acceptors (Lipinski definition) is 5. The smallest absolute Gasteiger partial charge is 0.261 e. The summed E-state index contributed by atoms with van der Waals surface area (Å²) < 4.78 is 5.15. The molecule has 2 aromatic carbocycles. The van der Waals surface area contributed by atoms with Crippen molar-refractivity contribution in [1.29, 1.82) is 0 Å². The van der Waals surface area contributed by atoms with Crippen LogP contribution >= 0.6 is 0 Å². The van der Waals surface area contributed by atoms with Crippen LogP contribution in [0.25, 0.3) is 11.6 Å². The number of ether oxygens (including phenoxy) is 1. The van der Waals surface area contributed by atoms with E-state index in [1.165, 1.54) is 18.1 Å². The van der Waals surface area contributed by atoms with Gasteiger partial charge in [-0.25, -0.2) is 0 Å². The summed E-state index contributed by atoms with van der Waals surface area (Å²) in [5.74, 6) is -0.433. The molecule has 0 unspecified atom stereocenters. The average molecular weight is 386 g/mol. The van der Waals surface area contributed by atoms with Crippen molar-refractivity contribution in [2.24, 2.45) is 0 Å². The molecule has 0 saturated heterocycles. The van der Waals surface area contributed by atoms with Crippen LogP contribution in [-0.2, 0) is 11.3 Å². The first-order valence-corrected chi connectivity index (χ1v) is 9.02. The fraction of sp³-hybridized carbons (Fsp3) is 0.0870.